The number of benzene rings is 1. The Balaban J connectivity index is 1.77. The average Bonchev–Trinajstić information content (AvgIpc) is 3.34. The minimum Gasteiger partial charge on any atom is -0.348 e. The van der Waals surface area contributed by atoms with E-state index in [1.54, 1.807) is 12.3 Å². The second kappa shape index (κ2) is 5.95. The molecule has 0 radical (unpaired) electrons. The maximum Gasteiger partial charge on any atom is 0.270 e. The number of rotatable bonds is 5. The lowest BCUT2D eigenvalue weighted by Crippen LogP contribution is -2.26. The maximum atomic E-state index is 11.9. The van der Waals surface area contributed by atoms with E-state index in [0.29, 0.717) is 11.7 Å². The third-order valence-corrected chi connectivity index (χ3v) is 3.59. The van der Waals surface area contributed by atoms with Crippen LogP contribution >= 0.6 is 0 Å². The molecule has 108 valence electrons. The molecule has 1 N–H and O–H groups in total. The molecular weight excluding hydrogens is 262 g/mol. The van der Waals surface area contributed by atoms with Crippen LogP contribution in [0.2, 0.25) is 0 Å². The van der Waals surface area contributed by atoms with Crippen LogP contribution in [0.15, 0.2) is 48.7 Å². The van der Waals surface area contributed by atoms with Crippen molar-refractivity contribution in [2.24, 2.45) is 0 Å². The summed E-state index contributed by atoms with van der Waals surface area (Å²) in [7, 11) is 0. The SMILES string of the molecule is CCN(c1ccccc1)c1ccc(C(=O)NC2CC2)nc1. The quantitative estimate of drug-likeness (QED) is 0.915. The number of hydrogen-bond donors (Lipinski definition) is 1. The largest absolute Gasteiger partial charge is 0.348 e. The van der Waals surface area contributed by atoms with Crippen LogP contribution in [0.4, 0.5) is 11.4 Å². The Labute approximate surface area is 124 Å². The number of pyridine rings is 1. The van der Waals surface area contributed by atoms with E-state index in [9.17, 15) is 4.79 Å². The molecule has 1 aliphatic rings. The number of carbonyl (C=O) groups excluding carboxylic acids is 1. The van der Waals surface area contributed by atoms with Crippen molar-refractivity contribution in [1.82, 2.24) is 10.3 Å². The molecule has 2 aromatic rings. The molecule has 0 unspecified atom stereocenters. The zero-order chi connectivity index (χ0) is 14.7. The van der Waals surface area contributed by atoms with Gasteiger partial charge in [-0.1, -0.05) is 18.2 Å². The number of carbonyl (C=O) groups is 1. The predicted molar refractivity (Wildman–Crippen MR) is 83.8 cm³/mol. The summed E-state index contributed by atoms with van der Waals surface area (Å²) < 4.78 is 0. The van der Waals surface area contributed by atoms with Crippen molar-refractivity contribution in [2.75, 3.05) is 11.4 Å². The van der Waals surface area contributed by atoms with E-state index in [0.717, 1.165) is 30.8 Å². The van der Waals surface area contributed by atoms with Crippen LogP contribution in [0.1, 0.15) is 30.3 Å². The van der Waals surface area contributed by atoms with Gasteiger partial charge in [0.05, 0.1) is 11.9 Å². The van der Waals surface area contributed by atoms with Crippen molar-refractivity contribution in [3.05, 3.63) is 54.4 Å². The Bertz CT molecular complexity index is 606. The molecule has 1 aliphatic carbocycles. The van der Waals surface area contributed by atoms with E-state index >= 15 is 0 Å². The lowest BCUT2D eigenvalue weighted by atomic mass is 10.2. The van der Waals surface area contributed by atoms with Gasteiger partial charge in [-0.05, 0) is 44.0 Å². The first-order valence-electron chi connectivity index (χ1n) is 7.37. The summed E-state index contributed by atoms with van der Waals surface area (Å²) in [6, 6.07) is 14.3. The number of nitrogens with zero attached hydrogens (tertiary/aromatic N) is 2. The highest BCUT2D eigenvalue weighted by Crippen LogP contribution is 2.24. The summed E-state index contributed by atoms with van der Waals surface area (Å²) in [6.45, 7) is 2.94. The van der Waals surface area contributed by atoms with Crippen molar-refractivity contribution in [3.63, 3.8) is 0 Å². The smallest absolute Gasteiger partial charge is 0.270 e. The normalized spacial score (nSPS) is 13.8. The Morgan fingerprint density at radius 1 is 1.19 bits per heavy atom. The van der Waals surface area contributed by atoms with Crippen LogP contribution in [-0.4, -0.2) is 23.5 Å². The van der Waals surface area contributed by atoms with E-state index in [1.165, 1.54) is 0 Å². The summed E-state index contributed by atoms with van der Waals surface area (Å²) in [5, 5.41) is 2.95. The highest BCUT2D eigenvalue weighted by molar-refractivity contribution is 5.92. The van der Waals surface area contributed by atoms with Crippen LogP contribution in [0.5, 0.6) is 0 Å². The summed E-state index contributed by atoms with van der Waals surface area (Å²) in [4.78, 5) is 18.4. The zero-order valence-electron chi connectivity index (χ0n) is 12.1. The molecule has 3 rings (SSSR count). The second-order valence-corrected chi connectivity index (χ2v) is 5.23. The molecule has 21 heavy (non-hydrogen) atoms. The van der Waals surface area contributed by atoms with Crippen LogP contribution in [0.25, 0.3) is 0 Å². The Hall–Kier alpha value is -2.36. The first-order chi connectivity index (χ1) is 10.3. The molecule has 0 saturated heterocycles. The van der Waals surface area contributed by atoms with E-state index in [1.807, 2.05) is 24.3 Å². The van der Waals surface area contributed by atoms with Crippen LogP contribution in [0, 0.1) is 0 Å². The molecular formula is C17H19N3O. The van der Waals surface area contributed by atoms with Gasteiger partial charge in [-0.3, -0.25) is 4.79 Å². The van der Waals surface area contributed by atoms with Crippen LogP contribution in [-0.2, 0) is 0 Å². The maximum absolute atomic E-state index is 11.9. The highest BCUT2D eigenvalue weighted by atomic mass is 16.2. The fourth-order valence-corrected chi connectivity index (χ4v) is 2.29. The summed E-state index contributed by atoms with van der Waals surface area (Å²) in [5.41, 5.74) is 2.60. The molecule has 4 nitrogen and oxygen atoms in total. The lowest BCUT2D eigenvalue weighted by Gasteiger charge is -2.22. The van der Waals surface area contributed by atoms with E-state index in [4.69, 9.17) is 0 Å². The summed E-state index contributed by atoms with van der Waals surface area (Å²) >= 11 is 0. The molecule has 1 saturated carbocycles. The Morgan fingerprint density at radius 2 is 1.95 bits per heavy atom. The monoisotopic (exact) mass is 281 g/mol. The topological polar surface area (TPSA) is 45.2 Å². The van der Waals surface area contributed by atoms with Gasteiger partial charge in [0.25, 0.3) is 5.91 Å². The minimum absolute atomic E-state index is 0.0770. The number of para-hydroxylation sites is 1. The Kier molecular flexibility index (Phi) is 3.86. The van der Waals surface area contributed by atoms with Crippen molar-refractivity contribution < 1.29 is 4.79 Å². The molecule has 1 amide bonds. The minimum atomic E-state index is -0.0770. The molecule has 0 spiro atoms. The number of aromatic nitrogens is 1. The van der Waals surface area contributed by atoms with Gasteiger partial charge in [0.1, 0.15) is 5.69 Å². The standard InChI is InChI=1S/C17H19N3O/c1-2-20(14-6-4-3-5-7-14)15-10-11-16(18-12-15)17(21)19-13-8-9-13/h3-7,10-13H,2,8-9H2,1H3,(H,19,21). The van der Waals surface area contributed by atoms with Crippen LogP contribution < -0.4 is 10.2 Å². The lowest BCUT2D eigenvalue weighted by molar-refractivity contribution is 0.0946. The average molecular weight is 281 g/mol. The summed E-state index contributed by atoms with van der Waals surface area (Å²) in [6.07, 6.45) is 3.93. The number of nitrogens with one attached hydrogen (secondary N) is 1. The fourth-order valence-electron chi connectivity index (χ4n) is 2.29. The zero-order valence-corrected chi connectivity index (χ0v) is 12.1. The van der Waals surface area contributed by atoms with Gasteiger partial charge < -0.3 is 10.2 Å². The van der Waals surface area contributed by atoms with Crippen molar-refractivity contribution in [1.29, 1.82) is 0 Å². The third kappa shape index (κ3) is 3.21. The predicted octanol–water partition coefficient (Wildman–Crippen LogP) is 3.13. The number of anilines is 2. The van der Waals surface area contributed by atoms with Crippen molar-refractivity contribution in [3.8, 4) is 0 Å². The van der Waals surface area contributed by atoms with E-state index < -0.39 is 0 Å². The van der Waals surface area contributed by atoms with Gasteiger partial charge in [0, 0.05) is 18.3 Å². The molecule has 4 heteroatoms. The molecule has 1 fully saturated rings. The molecule has 0 atom stereocenters. The fraction of sp³-hybridized carbons (Fsp3) is 0.294. The molecule has 1 aromatic heterocycles. The third-order valence-electron chi connectivity index (χ3n) is 3.59. The van der Waals surface area contributed by atoms with Crippen molar-refractivity contribution in [2.45, 2.75) is 25.8 Å². The summed E-state index contributed by atoms with van der Waals surface area (Å²) in [5.74, 6) is -0.0770. The van der Waals surface area contributed by atoms with E-state index in [2.05, 4.69) is 34.3 Å². The molecule has 1 heterocycles. The van der Waals surface area contributed by atoms with Gasteiger partial charge in [-0.15, -0.1) is 0 Å². The highest BCUT2D eigenvalue weighted by Gasteiger charge is 2.24. The van der Waals surface area contributed by atoms with E-state index in [-0.39, 0.29) is 5.91 Å². The first kappa shape index (κ1) is 13.6. The van der Waals surface area contributed by atoms with Gasteiger partial charge in [-0.2, -0.15) is 0 Å². The number of amides is 1. The molecule has 1 aromatic carbocycles. The van der Waals surface area contributed by atoms with Gasteiger partial charge >= 0.3 is 0 Å². The van der Waals surface area contributed by atoms with Gasteiger partial charge in [0.15, 0.2) is 0 Å². The van der Waals surface area contributed by atoms with Gasteiger partial charge in [0.2, 0.25) is 0 Å². The van der Waals surface area contributed by atoms with Crippen molar-refractivity contribution >= 4 is 17.3 Å². The molecule has 0 bridgehead atoms. The number of hydrogen-bond acceptors (Lipinski definition) is 3. The second-order valence-electron chi connectivity index (χ2n) is 5.23. The van der Waals surface area contributed by atoms with Gasteiger partial charge in [-0.25, -0.2) is 4.98 Å². The van der Waals surface area contributed by atoms with Crippen LogP contribution in [0.3, 0.4) is 0 Å². The molecule has 0 aliphatic heterocycles. The Morgan fingerprint density at radius 3 is 2.52 bits per heavy atom. The first-order valence-corrected chi connectivity index (χ1v) is 7.37.